The van der Waals surface area contributed by atoms with Crippen molar-refractivity contribution in [2.45, 2.75) is 13.8 Å². The largest absolute Gasteiger partial charge is 0.176 e. The Kier molecular flexibility index (Phi) is 1.95. The van der Waals surface area contributed by atoms with Gasteiger partial charge in [0.05, 0.1) is 0 Å². The fourth-order valence-corrected chi connectivity index (χ4v) is 1.02. The number of hydrogen-bond acceptors (Lipinski definition) is 0. The van der Waals surface area contributed by atoms with Gasteiger partial charge in [0, 0.05) is 0 Å². The third-order valence-electron chi connectivity index (χ3n) is 1.54. The summed E-state index contributed by atoms with van der Waals surface area (Å²) in [6.45, 7) is 4.24. The maximum Gasteiger partial charge on any atom is 0.176 e. The number of aryl methyl sites for hydroxylation is 2. The smallest absolute Gasteiger partial charge is 0.133 e. The molecule has 0 fully saturated rings. The van der Waals surface area contributed by atoms with Crippen molar-refractivity contribution in [2.24, 2.45) is 0 Å². The Morgan fingerprint density at radius 2 is 1.56 bits per heavy atom. The molecule has 1 rings (SSSR count). The van der Waals surface area contributed by atoms with E-state index in [0.717, 1.165) is 0 Å². The number of hydrogen-bond donors (Lipinski definition) is 0. The molecule has 0 aliphatic carbocycles. The lowest BCUT2D eigenvalue weighted by Crippen LogP contribution is -2.10. The van der Waals surface area contributed by atoms with Crippen molar-refractivity contribution >= 4 is 20.7 Å². The molecule has 0 spiro atoms. The van der Waals surface area contributed by atoms with Gasteiger partial charge >= 0.3 is 0 Å². The van der Waals surface area contributed by atoms with Crippen molar-refractivity contribution in [1.29, 1.82) is 0 Å². The molecule has 0 heterocycles. The monoisotopic (exact) mass is 132 g/mol. The zero-order valence-corrected chi connectivity index (χ0v) is 6.96. The van der Waals surface area contributed by atoms with Crippen LogP contribution in [0, 0.1) is 13.8 Å². The minimum Gasteiger partial charge on any atom is -0.133 e. The highest BCUT2D eigenvalue weighted by Crippen LogP contribution is 1.96. The van der Waals surface area contributed by atoms with Crippen LogP contribution >= 0.6 is 0 Å². The first-order chi connectivity index (χ1) is 4.22. The molecule has 0 aromatic heterocycles. The molecule has 0 aliphatic heterocycles. The van der Waals surface area contributed by atoms with Gasteiger partial charge in [-0.2, -0.15) is 0 Å². The zero-order chi connectivity index (χ0) is 6.85. The van der Waals surface area contributed by atoms with E-state index in [9.17, 15) is 0 Å². The van der Waals surface area contributed by atoms with E-state index in [1.807, 2.05) is 0 Å². The van der Waals surface area contributed by atoms with Gasteiger partial charge in [0.25, 0.3) is 0 Å². The Hall–Kier alpha value is -0.248. The fourth-order valence-electron chi connectivity index (χ4n) is 0.827. The fraction of sp³-hybridized carbons (Fsp3) is 0.250. The van der Waals surface area contributed by atoms with Gasteiger partial charge in [-0.1, -0.05) is 29.3 Å². The zero-order valence-electron chi connectivity index (χ0n) is 5.81. The Balaban J connectivity index is 3.25. The maximum absolute atomic E-state index is 2.74. The Morgan fingerprint density at radius 1 is 1.11 bits per heavy atom. The molecule has 0 amide bonds. The molecule has 44 valence electrons. The lowest BCUT2D eigenvalue weighted by atomic mass is 10.2. The van der Waals surface area contributed by atoms with Crippen LogP contribution < -0.4 is 4.43 Å². The molecule has 9 heavy (non-hydrogen) atoms. The van der Waals surface area contributed by atoms with E-state index in [2.05, 4.69) is 48.3 Å². The summed E-state index contributed by atoms with van der Waals surface area (Å²) in [5.74, 6) is 0. The van der Waals surface area contributed by atoms with Gasteiger partial charge in [-0.25, -0.2) is 0 Å². The summed E-state index contributed by atoms with van der Waals surface area (Å²) in [5.41, 5.74) is 2.69. The van der Waals surface area contributed by atoms with Crippen LogP contribution in [0.3, 0.4) is 0 Å². The second-order valence-corrected chi connectivity index (χ2v) is 2.88. The summed E-state index contributed by atoms with van der Waals surface area (Å²) < 4.78 is 1.33. The molecular formula is C8H9Al. The van der Waals surface area contributed by atoms with Gasteiger partial charge in [0.2, 0.25) is 0 Å². The van der Waals surface area contributed by atoms with Crippen LogP contribution in [0.4, 0.5) is 0 Å². The molecule has 2 radical (unpaired) electrons. The minimum atomic E-state index is 1.33. The van der Waals surface area contributed by atoms with Crippen LogP contribution in [0.15, 0.2) is 18.2 Å². The summed E-state index contributed by atoms with van der Waals surface area (Å²) in [5, 5.41) is 0. The third kappa shape index (κ3) is 1.36. The van der Waals surface area contributed by atoms with Crippen molar-refractivity contribution in [2.75, 3.05) is 0 Å². The molecule has 1 aromatic rings. The predicted octanol–water partition coefficient (Wildman–Crippen LogP) is 1.10. The topological polar surface area (TPSA) is 0 Å². The molecule has 0 saturated carbocycles. The summed E-state index contributed by atoms with van der Waals surface area (Å²) in [6, 6.07) is 6.32. The van der Waals surface area contributed by atoms with Gasteiger partial charge in [-0.15, -0.1) is 4.43 Å². The van der Waals surface area contributed by atoms with Gasteiger partial charge < -0.3 is 0 Å². The van der Waals surface area contributed by atoms with Gasteiger partial charge in [-0.05, 0) is 13.8 Å². The standard InChI is InChI=1S/C8H9.Al/c1-7-4-3-5-8(2)6-7;/h3-5H,1-2H3;. The predicted molar refractivity (Wildman–Crippen MR) is 41.3 cm³/mol. The van der Waals surface area contributed by atoms with E-state index >= 15 is 0 Å². The van der Waals surface area contributed by atoms with Crippen molar-refractivity contribution in [3.63, 3.8) is 0 Å². The summed E-state index contributed by atoms with van der Waals surface area (Å²) in [6.07, 6.45) is 0. The van der Waals surface area contributed by atoms with E-state index in [4.69, 9.17) is 0 Å². The van der Waals surface area contributed by atoms with Crippen molar-refractivity contribution in [1.82, 2.24) is 0 Å². The van der Waals surface area contributed by atoms with Gasteiger partial charge in [-0.3, -0.25) is 0 Å². The van der Waals surface area contributed by atoms with E-state index in [1.54, 1.807) is 0 Å². The number of rotatable bonds is 0. The quantitative estimate of drug-likeness (QED) is 0.464. The van der Waals surface area contributed by atoms with Crippen LogP contribution in [0.2, 0.25) is 0 Å². The first kappa shape index (κ1) is 6.87. The van der Waals surface area contributed by atoms with E-state index < -0.39 is 0 Å². The van der Waals surface area contributed by atoms with E-state index in [0.29, 0.717) is 0 Å². The maximum atomic E-state index is 2.74. The molecule has 1 aromatic carbocycles. The highest BCUT2D eigenvalue weighted by molar-refractivity contribution is 6.34. The van der Waals surface area contributed by atoms with Crippen molar-refractivity contribution in [3.05, 3.63) is 29.3 Å². The molecule has 0 N–H and O–H groups in total. The minimum absolute atomic E-state index is 1.33. The SMILES string of the molecule is Cc1cccc(C)[c]1[Al]. The molecular weight excluding hydrogens is 123 g/mol. The second kappa shape index (κ2) is 2.56. The highest BCUT2D eigenvalue weighted by atomic mass is 27.0. The number of benzene rings is 1. The highest BCUT2D eigenvalue weighted by Gasteiger charge is 1.90. The van der Waals surface area contributed by atoms with Crippen molar-refractivity contribution < 1.29 is 0 Å². The van der Waals surface area contributed by atoms with Crippen LogP contribution in [-0.2, 0) is 0 Å². The van der Waals surface area contributed by atoms with Crippen LogP contribution in [0.1, 0.15) is 11.1 Å². The molecule has 0 aliphatic rings. The molecule has 0 unspecified atom stereocenters. The Morgan fingerprint density at radius 3 is 1.89 bits per heavy atom. The summed E-state index contributed by atoms with van der Waals surface area (Å²) >= 11 is 2.74. The first-order valence-corrected chi connectivity index (χ1v) is 3.61. The van der Waals surface area contributed by atoms with E-state index in [1.165, 1.54) is 15.6 Å². The normalized spacial score (nSPS) is 9.56. The summed E-state index contributed by atoms with van der Waals surface area (Å²) in [7, 11) is 0. The molecule has 0 atom stereocenters. The van der Waals surface area contributed by atoms with Crippen LogP contribution in [0.5, 0.6) is 0 Å². The first-order valence-electron chi connectivity index (χ1n) is 3.03. The Bertz CT molecular complexity index is 196. The van der Waals surface area contributed by atoms with Crippen molar-refractivity contribution in [3.8, 4) is 0 Å². The lowest BCUT2D eigenvalue weighted by Gasteiger charge is -2.02. The molecule has 1 heteroatoms. The Labute approximate surface area is 64.3 Å². The molecule has 0 nitrogen and oxygen atoms in total. The second-order valence-electron chi connectivity index (χ2n) is 2.31. The lowest BCUT2D eigenvalue weighted by molar-refractivity contribution is 1.43. The average Bonchev–Trinajstić information content (AvgIpc) is 1.83. The molecule has 0 bridgehead atoms. The van der Waals surface area contributed by atoms with Gasteiger partial charge in [0.15, 0.2) is 16.3 Å². The third-order valence-corrected chi connectivity index (χ3v) is 2.45. The van der Waals surface area contributed by atoms with Crippen LogP contribution in [-0.4, -0.2) is 16.3 Å². The van der Waals surface area contributed by atoms with Gasteiger partial charge in [0.1, 0.15) is 0 Å². The average molecular weight is 132 g/mol. The van der Waals surface area contributed by atoms with E-state index in [-0.39, 0.29) is 0 Å². The molecule has 0 saturated heterocycles. The van der Waals surface area contributed by atoms with Crippen LogP contribution in [0.25, 0.3) is 0 Å². The summed E-state index contributed by atoms with van der Waals surface area (Å²) in [4.78, 5) is 0.